The first-order valence-electron chi connectivity index (χ1n) is 2.93. The van der Waals surface area contributed by atoms with Crippen LogP contribution in [0.1, 0.15) is 13.8 Å². The van der Waals surface area contributed by atoms with Crippen LogP contribution in [0.15, 0.2) is 0 Å². The molecule has 0 spiro atoms. The smallest absolute Gasteiger partial charge is 0.405 e. The molecule has 0 aliphatic rings. The monoisotopic (exact) mass is 185 g/mol. The molecule has 0 aromatic rings. The van der Waals surface area contributed by atoms with Gasteiger partial charge in [-0.1, -0.05) is 13.8 Å². The van der Waals surface area contributed by atoms with Crippen molar-refractivity contribution in [1.82, 2.24) is 5.32 Å². The lowest BCUT2D eigenvalue weighted by Crippen LogP contribution is -2.21. The quantitative estimate of drug-likeness (QED) is 0.466. The van der Waals surface area contributed by atoms with Crippen molar-refractivity contribution in [3.05, 3.63) is 0 Å². The zero-order valence-corrected chi connectivity index (χ0v) is 7.21. The number of amides is 1. The predicted molar refractivity (Wildman–Crippen MR) is 39.4 cm³/mol. The first-order chi connectivity index (χ1) is 4.92. The second-order valence-corrected chi connectivity index (χ2v) is 2.95. The fourth-order valence-corrected chi connectivity index (χ4v) is 0.512. The van der Waals surface area contributed by atoms with E-state index in [0.717, 1.165) is 0 Å². The predicted octanol–water partition coefficient (Wildman–Crippen LogP) is 0.415. The van der Waals surface area contributed by atoms with E-state index in [2.05, 4.69) is 0 Å². The van der Waals surface area contributed by atoms with Gasteiger partial charge in [0.25, 0.3) is 0 Å². The molecular weight excluding hydrogens is 173 g/mol. The lowest BCUT2D eigenvalue weighted by Gasteiger charge is -2.00. The normalized spacial score (nSPS) is 9.45. The lowest BCUT2D eigenvalue weighted by atomic mass is 11.0. The molecule has 0 fully saturated rings. The van der Waals surface area contributed by atoms with Crippen LogP contribution in [-0.4, -0.2) is 27.3 Å². The fraction of sp³-hybridized carbons (Fsp3) is 0.750. The number of carbonyl (C=O) groups is 1. The van der Waals surface area contributed by atoms with Crippen LogP contribution in [0.5, 0.6) is 0 Å². The highest BCUT2D eigenvalue weighted by atomic mass is 31.2. The highest BCUT2D eigenvalue weighted by Crippen LogP contribution is 2.31. The van der Waals surface area contributed by atoms with E-state index >= 15 is 0 Å². The average molecular weight is 185 g/mol. The standard InChI is InChI=1S/C2H6NO5P.C2H6/c4-2(5)3-1-9(6,7)8;1-2/h3H,1H2,(H,4,5)(H2,6,7,8);1-2H3. The highest BCUT2D eigenvalue weighted by molar-refractivity contribution is 7.51. The summed E-state index contributed by atoms with van der Waals surface area (Å²) in [6, 6.07) is 0. The van der Waals surface area contributed by atoms with E-state index in [1.54, 1.807) is 0 Å². The van der Waals surface area contributed by atoms with Crippen LogP contribution >= 0.6 is 7.60 Å². The summed E-state index contributed by atoms with van der Waals surface area (Å²) in [5, 5.41) is 9.36. The molecule has 11 heavy (non-hydrogen) atoms. The largest absolute Gasteiger partial charge is 0.465 e. The van der Waals surface area contributed by atoms with Gasteiger partial charge >= 0.3 is 13.7 Å². The van der Waals surface area contributed by atoms with Gasteiger partial charge in [-0.3, -0.25) is 4.57 Å². The molecular formula is C4H12NO5P. The minimum absolute atomic E-state index is 0.831. The Hall–Kier alpha value is -0.580. The molecule has 0 saturated heterocycles. The summed E-state index contributed by atoms with van der Waals surface area (Å²) >= 11 is 0. The van der Waals surface area contributed by atoms with Crippen molar-refractivity contribution in [2.45, 2.75) is 13.8 Å². The van der Waals surface area contributed by atoms with E-state index in [9.17, 15) is 9.36 Å². The molecule has 0 aromatic carbocycles. The van der Waals surface area contributed by atoms with Gasteiger partial charge in [0.05, 0.1) is 0 Å². The van der Waals surface area contributed by atoms with Crippen LogP contribution in [0.25, 0.3) is 0 Å². The number of hydrogen-bond donors (Lipinski definition) is 4. The second-order valence-electron chi connectivity index (χ2n) is 1.30. The molecule has 0 saturated carbocycles. The van der Waals surface area contributed by atoms with Crippen molar-refractivity contribution < 1.29 is 24.3 Å². The minimum atomic E-state index is -4.21. The third-order valence-electron chi connectivity index (χ3n) is 0.436. The average Bonchev–Trinajstić information content (AvgIpc) is 1.87. The van der Waals surface area contributed by atoms with Crippen LogP contribution in [0, 0.1) is 0 Å². The van der Waals surface area contributed by atoms with E-state index in [1.165, 1.54) is 5.32 Å². The maximum absolute atomic E-state index is 9.90. The van der Waals surface area contributed by atoms with E-state index in [4.69, 9.17) is 14.9 Å². The summed E-state index contributed by atoms with van der Waals surface area (Å²) in [6.07, 6.45) is -2.28. The molecule has 0 bridgehead atoms. The molecule has 0 heterocycles. The Morgan fingerprint density at radius 3 is 1.91 bits per heavy atom. The van der Waals surface area contributed by atoms with Crippen LogP contribution in [0.4, 0.5) is 4.79 Å². The summed E-state index contributed by atoms with van der Waals surface area (Å²) in [5.41, 5.74) is 0. The fourth-order valence-electron chi connectivity index (χ4n) is 0.171. The molecule has 6 nitrogen and oxygen atoms in total. The molecule has 4 N–H and O–H groups in total. The number of carboxylic acid groups (broad SMARTS) is 1. The van der Waals surface area contributed by atoms with Crippen molar-refractivity contribution in [2.24, 2.45) is 0 Å². The Morgan fingerprint density at radius 2 is 1.82 bits per heavy atom. The van der Waals surface area contributed by atoms with Crippen molar-refractivity contribution in [3.8, 4) is 0 Å². The number of nitrogens with one attached hydrogen (secondary N) is 1. The van der Waals surface area contributed by atoms with E-state index < -0.39 is 20.0 Å². The zero-order valence-electron chi connectivity index (χ0n) is 6.31. The molecule has 7 heteroatoms. The lowest BCUT2D eigenvalue weighted by molar-refractivity contribution is 0.195. The topological polar surface area (TPSA) is 107 Å². The summed E-state index contributed by atoms with van der Waals surface area (Å²) in [7, 11) is -4.21. The summed E-state index contributed by atoms with van der Waals surface area (Å²) in [4.78, 5) is 25.7. The second kappa shape index (κ2) is 6.15. The van der Waals surface area contributed by atoms with Crippen LogP contribution in [-0.2, 0) is 4.57 Å². The van der Waals surface area contributed by atoms with Gasteiger partial charge in [0, 0.05) is 0 Å². The Balaban J connectivity index is 0. The molecule has 0 aliphatic carbocycles. The van der Waals surface area contributed by atoms with Crippen LogP contribution in [0.2, 0.25) is 0 Å². The van der Waals surface area contributed by atoms with Gasteiger partial charge in [-0.15, -0.1) is 0 Å². The van der Waals surface area contributed by atoms with Gasteiger partial charge in [-0.25, -0.2) is 4.79 Å². The third-order valence-corrected chi connectivity index (χ3v) is 1.01. The van der Waals surface area contributed by atoms with E-state index in [1.807, 2.05) is 13.8 Å². The zero-order chi connectivity index (χ0) is 9.49. The molecule has 0 unspecified atom stereocenters. The molecule has 1 amide bonds. The molecule has 0 aliphatic heterocycles. The number of rotatable bonds is 2. The van der Waals surface area contributed by atoms with Crippen LogP contribution < -0.4 is 5.32 Å². The van der Waals surface area contributed by atoms with Crippen molar-refractivity contribution in [1.29, 1.82) is 0 Å². The Bertz CT molecular complexity index is 153. The maximum Gasteiger partial charge on any atom is 0.405 e. The van der Waals surface area contributed by atoms with E-state index in [0.29, 0.717) is 0 Å². The van der Waals surface area contributed by atoms with Crippen molar-refractivity contribution >= 4 is 13.7 Å². The first kappa shape index (κ1) is 13.0. The summed E-state index contributed by atoms with van der Waals surface area (Å²) in [5.74, 6) is 0. The van der Waals surface area contributed by atoms with Gasteiger partial charge in [-0.05, 0) is 0 Å². The molecule has 0 radical (unpaired) electrons. The van der Waals surface area contributed by atoms with Gasteiger partial charge in [0.2, 0.25) is 0 Å². The van der Waals surface area contributed by atoms with Crippen molar-refractivity contribution in [2.75, 3.05) is 6.29 Å². The maximum atomic E-state index is 9.90. The Kier molecular flexibility index (Phi) is 7.29. The van der Waals surface area contributed by atoms with Gasteiger partial charge in [0.1, 0.15) is 6.29 Å². The molecule has 0 atom stereocenters. The first-order valence-corrected chi connectivity index (χ1v) is 4.73. The van der Waals surface area contributed by atoms with Gasteiger partial charge < -0.3 is 20.2 Å². The Labute approximate surface area is 64.4 Å². The SMILES string of the molecule is CC.O=C(O)NCP(=O)(O)O. The molecule has 0 aromatic heterocycles. The molecule has 68 valence electrons. The number of hydrogen-bond acceptors (Lipinski definition) is 2. The van der Waals surface area contributed by atoms with Gasteiger partial charge in [-0.2, -0.15) is 0 Å². The van der Waals surface area contributed by atoms with Gasteiger partial charge in [0.15, 0.2) is 0 Å². The summed E-state index contributed by atoms with van der Waals surface area (Å²) < 4.78 is 9.90. The Morgan fingerprint density at radius 1 is 1.45 bits per heavy atom. The summed E-state index contributed by atoms with van der Waals surface area (Å²) in [6.45, 7) is 4.00. The molecule has 0 rings (SSSR count). The minimum Gasteiger partial charge on any atom is -0.465 e. The van der Waals surface area contributed by atoms with Crippen LogP contribution in [0.3, 0.4) is 0 Å². The van der Waals surface area contributed by atoms with E-state index in [-0.39, 0.29) is 0 Å². The highest BCUT2D eigenvalue weighted by Gasteiger charge is 2.12. The third kappa shape index (κ3) is 17.7. The van der Waals surface area contributed by atoms with Crippen molar-refractivity contribution in [3.63, 3.8) is 0 Å².